The molecule has 0 atom stereocenters. The van der Waals surface area contributed by atoms with Gasteiger partial charge in [-0.05, 0) is 18.2 Å². The van der Waals surface area contributed by atoms with E-state index >= 15 is 0 Å². The van der Waals surface area contributed by atoms with Crippen molar-refractivity contribution < 1.29 is 9.84 Å². The minimum absolute atomic E-state index is 0.130. The molecule has 1 aromatic carbocycles. The number of aromatic nitrogens is 1. The number of hydrogen-bond acceptors (Lipinski definition) is 4. The molecule has 82 valence electrons. The van der Waals surface area contributed by atoms with E-state index in [2.05, 4.69) is 4.98 Å². The van der Waals surface area contributed by atoms with Crippen LogP contribution in [0, 0.1) is 0 Å². The highest BCUT2D eigenvalue weighted by molar-refractivity contribution is 5.38. The predicted molar refractivity (Wildman–Crippen MR) is 61.1 cm³/mol. The summed E-state index contributed by atoms with van der Waals surface area (Å²) in [6.07, 6.45) is 1.65. The Balaban J connectivity index is 2.02. The van der Waals surface area contributed by atoms with Gasteiger partial charge in [0.05, 0.1) is 0 Å². The number of phenolic OH excluding ortho intramolecular Hbond substituents is 1. The zero-order chi connectivity index (χ0) is 11.4. The number of pyridine rings is 1. The number of aromatic hydroxyl groups is 1. The largest absolute Gasteiger partial charge is 0.504 e. The van der Waals surface area contributed by atoms with Crippen LogP contribution in [0.1, 0.15) is 5.56 Å². The molecule has 0 radical (unpaired) electrons. The quantitative estimate of drug-likeness (QED) is 0.822. The third-order valence-corrected chi connectivity index (χ3v) is 2.11. The molecule has 3 N–H and O–H groups in total. The van der Waals surface area contributed by atoms with Crippen molar-refractivity contribution in [1.29, 1.82) is 0 Å². The van der Waals surface area contributed by atoms with Crippen LogP contribution in [0.15, 0.2) is 42.6 Å². The molecule has 0 amide bonds. The van der Waals surface area contributed by atoms with Gasteiger partial charge in [-0.2, -0.15) is 0 Å². The Bertz CT molecular complexity index is 469. The second-order valence-corrected chi connectivity index (χ2v) is 3.35. The topological polar surface area (TPSA) is 68.4 Å². The molecule has 16 heavy (non-hydrogen) atoms. The molecular weight excluding hydrogens is 204 g/mol. The van der Waals surface area contributed by atoms with Crippen molar-refractivity contribution in [2.75, 3.05) is 5.73 Å². The molecule has 0 bridgehead atoms. The Kier molecular flexibility index (Phi) is 2.91. The van der Waals surface area contributed by atoms with Crippen LogP contribution in [0.2, 0.25) is 0 Å². The number of hydrogen-bond donors (Lipinski definition) is 2. The number of anilines is 1. The maximum atomic E-state index is 9.47. The lowest BCUT2D eigenvalue weighted by molar-refractivity contribution is 0.288. The molecule has 0 saturated carbocycles. The lowest BCUT2D eigenvalue weighted by Gasteiger charge is -2.07. The van der Waals surface area contributed by atoms with Gasteiger partial charge in [0, 0.05) is 11.8 Å². The van der Waals surface area contributed by atoms with E-state index < -0.39 is 0 Å². The second kappa shape index (κ2) is 4.53. The van der Waals surface area contributed by atoms with Gasteiger partial charge in [-0.1, -0.05) is 18.2 Å². The van der Waals surface area contributed by atoms with E-state index in [-0.39, 0.29) is 5.75 Å². The van der Waals surface area contributed by atoms with Gasteiger partial charge in [-0.15, -0.1) is 0 Å². The normalized spacial score (nSPS) is 10.0. The van der Waals surface area contributed by atoms with Crippen LogP contribution in [0.5, 0.6) is 11.5 Å². The lowest BCUT2D eigenvalue weighted by atomic mass is 10.3. The molecule has 0 aliphatic carbocycles. The number of benzene rings is 1. The first-order valence-electron chi connectivity index (χ1n) is 4.87. The standard InChI is InChI=1S/C12H12N2O2/c13-12-6-5-9(7-14-12)8-16-11-4-2-1-3-10(11)15/h1-7,15H,8H2,(H2,13,14). The SMILES string of the molecule is Nc1ccc(COc2ccccc2O)cn1. The van der Waals surface area contributed by atoms with Gasteiger partial charge >= 0.3 is 0 Å². The third kappa shape index (κ3) is 2.42. The second-order valence-electron chi connectivity index (χ2n) is 3.35. The molecule has 2 rings (SSSR count). The molecule has 0 fully saturated rings. The molecule has 1 heterocycles. The highest BCUT2D eigenvalue weighted by Crippen LogP contribution is 2.25. The van der Waals surface area contributed by atoms with E-state index in [1.807, 2.05) is 6.07 Å². The number of nitrogens with zero attached hydrogens (tertiary/aromatic N) is 1. The van der Waals surface area contributed by atoms with Crippen LogP contribution in [-0.2, 0) is 6.61 Å². The average molecular weight is 216 g/mol. The van der Waals surface area contributed by atoms with Gasteiger partial charge in [-0.3, -0.25) is 0 Å². The van der Waals surface area contributed by atoms with Crippen LogP contribution < -0.4 is 10.5 Å². The molecule has 0 saturated heterocycles. The first-order valence-corrected chi connectivity index (χ1v) is 4.87. The van der Waals surface area contributed by atoms with Crippen molar-refractivity contribution in [3.05, 3.63) is 48.2 Å². The van der Waals surface area contributed by atoms with Crippen molar-refractivity contribution in [3.63, 3.8) is 0 Å². The number of phenols is 1. The van der Waals surface area contributed by atoms with Crippen LogP contribution in [0.25, 0.3) is 0 Å². The minimum Gasteiger partial charge on any atom is -0.504 e. The van der Waals surface area contributed by atoms with E-state index in [4.69, 9.17) is 10.5 Å². The lowest BCUT2D eigenvalue weighted by Crippen LogP contribution is -1.97. The van der Waals surface area contributed by atoms with Crippen molar-refractivity contribution in [3.8, 4) is 11.5 Å². The van der Waals surface area contributed by atoms with Crippen LogP contribution >= 0.6 is 0 Å². The maximum absolute atomic E-state index is 9.47. The summed E-state index contributed by atoms with van der Waals surface area (Å²) in [7, 11) is 0. The van der Waals surface area contributed by atoms with Crippen molar-refractivity contribution in [1.82, 2.24) is 4.98 Å². The van der Waals surface area contributed by atoms with E-state index in [9.17, 15) is 5.11 Å². The Morgan fingerprint density at radius 1 is 1.19 bits per heavy atom. The van der Waals surface area contributed by atoms with Crippen LogP contribution in [-0.4, -0.2) is 10.1 Å². The number of ether oxygens (including phenoxy) is 1. The Hall–Kier alpha value is -2.23. The fraction of sp³-hybridized carbons (Fsp3) is 0.0833. The highest BCUT2D eigenvalue weighted by Gasteiger charge is 2.00. The molecule has 0 aliphatic rings. The third-order valence-electron chi connectivity index (χ3n) is 2.11. The predicted octanol–water partition coefficient (Wildman–Crippen LogP) is 1.95. The number of nitrogens with two attached hydrogens (primary N) is 1. The Morgan fingerprint density at radius 3 is 2.69 bits per heavy atom. The van der Waals surface area contributed by atoms with Gasteiger partial charge in [0.25, 0.3) is 0 Å². The summed E-state index contributed by atoms with van der Waals surface area (Å²) in [4.78, 5) is 3.95. The number of rotatable bonds is 3. The van der Waals surface area contributed by atoms with E-state index in [1.165, 1.54) is 0 Å². The molecule has 2 aromatic rings. The Morgan fingerprint density at radius 2 is 2.00 bits per heavy atom. The number of para-hydroxylation sites is 2. The maximum Gasteiger partial charge on any atom is 0.161 e. The molecule has 0 unspecified atom stereocenters. The van der Waals surface area contributed by atoms with Crippen LogP contribution in [0.4, 0.5) is 5.82 Å². The minimum atomic E-state index is 0.130. The van der Waals surface area contributed by atoms with Gasteiger partial charge in [0.2, 0.25) is 0 Å². The van der Waals surface area contributed by atoms with Gasteiger partial charge in [0.1, 0.15) is 12.4 Å². The van der Waals surface area contributed by atoms with Gasteiger partial charge in [0.15, 0.2) is 11.5 Å². The van der Waals surface area contributed by atoms with Gasteiger partial charge < -0.3 is 15.6 Å². The van der Waals surface area contributed by atoms with E-state index in [1.54, 1.807) is 36.5 Å². The van der Waals surface area contributed by atoms with Crippen molar-refractivity contribution >= 4 is 5.82 Å². The summed E-state index contributed by atoms with van der Waals surface area (Å²) in [5, 5.41) is 9.47. The fourth-order valence-electron chi connectivity index (χ4n) is 1.26. The highest BCUT2D eigenvalue weighted by atomic mass is 16.5. The van der Waals surface area contributed by atoms with E-state index in [0.29, 0.717) is 18.2 Å². The molecule has 0 spiro atoms. The summed E-state index contributed by atoms with van der Waals surface area (Å²) in [5.41, 5.74) is 6.37. The van der Waals surface area contributed by atoms with Crippen LogP contribution in [0.3, 0.4) is 0 Å². The zero-order valence-electron chi connectivity index (χ0n) is 8.63. The summed E-state index contributed by atoms with van der Waals surface area (Å²) in [6.45, 7) is 0.352. The summed E-state index contributed by atoms with van der Waals surface area (Å²) < 4.78 is 5.43. The zero-order valence-corrected chi connectivity index (χ0v) is 8.63. The summed E-state index contributed by atoms with van der Waals surface area (Å²) in [6, 6.07) is 10.4. The average Bonchev–Trinajstić information content (AvgIpc) is 2.30. The van der Waals surface area contributed by atoms with Crippen molar-refractivity contribution in [2.45, 2.75) is 6.61 Å². The van der Waals surface area contributed by atoms with Crippen molar-refractivity contribution in [2.24, 2.45) is 0 Å². The fourth-order valence-corrected chi connectivity index (χ4v) is 1.26. The number of nitrogen functional groups attached to an aromatic ring is 1. The Labute approximate surface area is 93.3 Å². The monoisotopic (exact) mass is 216 g/mol. The van der Waals surface area contributed by atoms with E-state index in [0.717, 1.165) is 5.56 Å². The summed E-state index contributed by atoms with van der Waals surface area (Å²) in [5.74, 6) is 1.07. The smallest absolute Gasteiger partial charge is 0.161 e. The first kappa shape index (κ1) is 10.3. The molecule has 4 nitrogen and oxygen atoms in total. The summed E-state index contributed by atoms with van der Waals surface area (Å²) >= 11 is 0. The van der Waals surface area contributed by atoms with Gasteiger partial charge in [-0.25, -0.2) is 4.98 Å². The molecule has 0 aliphatic heterocycles. The first-order chi connectivity index (χ1) is 7.75. The molecule has 4 heteroatoms. The molecular formula is C12H12N2O2. The molecule has 1 aromatic heterocycles.